The van der Waals surface area contributed by atoms with E-state index in [1.165, 1.54) is 12.1 Å². The predicted molar refractivity (Wildman–Crippen MR) is 89.5 cm³/mol. The summed E-state index contributed by atoms with van der Waals surface area (Å²) in [5.41, 5.74) is 7.79. The van der Waals surface area contributed by atoms with Gasteiger partial charge in [0.2, 0.25) is 5.91 Å². The van der Waals surface area contributed by atoms with Gasteiger partial charge in [0.05, 0.1) is 5.69 Å². The van der Waals surface area contributed by atoms with Crippen molar-refractivity contribution in [2.24, 2.45) is 5.73 Å². The Balaban J connectivity index is 2.41. The van der Waals surface area contributed by atoms with Crippen molar-refractivity contribution in [3.05, 3.63) is 64.5 Å². The molecule has 2 aromatic carbocycles. The summed E-state index contributed by atoms with van der Waals surface area (Å²) in [5.74, 6) is -2.52. The van der Waals surface area contributed by atoms with Gasteiger partial charge in [-0.05, 0) is 48.2 Å². The van der Waals surface area contributed by atoms with Crippen LogP contribution >= 0.6 is 0 Å². The van der Waals surface area contributed by atoms with Crippen molar-refractivity contribution >= 4 is 17.6 Å². The molecule has 1 unspecified atom stereocenters. The zero-order chi connectivity index (χ0) is 17.9. The predicted octanol–water partition coefficient (Wildman–Crippen LogP) is 3.03. The second-order valence-corrected chi connectivity index (χ2v) is 5.51. The number of rotatable bonds is 6. The molecule has 6 heteroatoms. The Morgan fingerprint density at radius 1 is 1.25 bits per heavy atom. The van der Waals surface area contributed by atoms with Gasteiger partial charge in [0, 0.05) is 5.56 Å². The summed E-state index contributed by atoms with van der Waals surface area (Å²) in [4.78, 5) is 22.9. The van der Waals surface area contributed by atoms with E-state index in [-0.39, 0.29) is 11.3 Å². The summed E-state index contributed by atoms with van der Waals surface area (Å²) in [6.07, 6.45) is 0.761. The number of nitrogens with two attached hydrogens (primary N) is 1. The first-order chi connectivity index (χ1) is 11.3. The van der Waals surface area contributed by atoms with Gasteiger partial charge in [0.25, 0.3) is 0 Å². The Kier molecular flexibility index (Phi) is 5.18. The standard InChI is InChI=1S/C18H19FN2O3/c1-3-11-8-12(5-4-10(11)2)16(18(23)24)21-15-9-13(17(20)22)6-7-14(15)19/h4-9,16,21H,3H2,1-2H3,(H2,20,22)(H,23,24). The highest BCUT2D eigenvalue weighted by molar-refractivity contribution is 5.94. The van der Waals surface area contributed by atoms with Crippen LogP contribution < -0.4 is 11.1 Å². The van der Waals surface area contributed by atoms with Crippen molar-refractivity contribution in [1.82, 2.24) is 0 Å². The minimum Gasteiger partial charge on any atom is -0.479 e. The average Bonchev–Trinajstić information content (AvgIpc) is 2.54. The minimum absolute atomic E-state index is 0.0858. The Morgan fingerprint density at radius 2 is 1.96 bits per heavy atom. The van der Waals surface area contributed by atoms with Crippen molar-refractivity contribution in [2.45, 2.75) is 26.3 Å². The number of anilines is 1. The molecule has 0 aliphatic heterocycles. The molecule has 24 heavy (non-hydrogen) atoms. The molecule has 1 atom stereocenters. The van der Waals surface area contributed by atoms with Crippen LogP contribution in [0.2, 0.25) is 0 Å². The molecular formula is C18H19FN2O3. The van der Waals surface area contributed by atoms with E-state index in [0.29, 0.717) is 5.56 Å². The molecule has 126 valence electrons. The fourth-order valence-corrected chi connectivity index (χ4v) is 2.48. The summed E-state index contributed by atoms with van der Waals surface area (Å²) >= 11 is 0. The third-order valence-electron chi connectivity index (χ3n) is 3.89. The van der Waals surface area contributed by atoms with Gasteiger partial charge < -0.3 is 16.2 Å². The van der Waals surface area contributed by atoms with Gasteiger partial charge in [-0.15, -0.1) is 0 Å². The van der Waals surface area contributed by atoms with Crippen LogP contribution in [0.3, 0.4) is 0 Å². The first kappa shape index (κ1) is 17.5. The van der Waals surface area contributed by atoms with Gasteiger partial charge in [-0.2, -0.15) is 0 Å². The topological polar surface area (TPSA) is 92.4 Å². The van der Waals surface area contributed by atoms with Crippen LogP contribution in [0.1, 0.15) is 40.0 Å². The van der Waals surface area contributed by atoms with Gasteiger partial charge in [-0.1, -0.05) is 25.1 Å². The molecule has 0 bridgehead atoms. The van der Waals surface area contributed by atoms with E-state index in [0.717, 1.165) is 23.6 Å². The number of carbonyl (C=O) groups is 2. The summed E-state index contributed by atoms with van der Waals surface area (Å²) < 4.78 is 14.0. The summed E-state index contributed by atoms with van der Waals surface area (Å²) in [7, 11) is 0. The van der Waals surface area contributed by atoms with E-state index in [1.807, 2.05) is 19.9 Å². The van der Waals surface area contributed by atoms with Crippen LogP contribution in [-0.2, 0) is 11.2 Å². The van der Waals surface area contributed by atoms with Crippen LogP contribution in [0.5, 0.6) is 0 Å². The lowest BCUT2D eigenvalue weighted by Gasteiger charge is -2.18. The van der Waals surface area contributed by atoms with Gasteiger partial charge in [-0.25, -0.2) is 9.18 Å². The van der Waals surface area contributed by atoms with Crippen molar-refractivity contribution in [1.29, 1.82) is 0 Å². The Morgan fingerprint density at radius 3 is 2.54 bits per heavy atom. The van der Waals surface area contributed by atoms with Crippen LogP contribution in [-0.4, -0.2) is 17.0 Å². The zero-order valence-electron chi connectivity index (χ0n) is 13.5. The Bertz CT molecular complexity index is 790. The number of nitrogens with one attached hydrogen (secondary N) is 1. The third-order valence-corrected chi connectivity index (χ3v) is 3.89. The van der Waals surface area contributed by atoms with E-state index in [2.05, 4.69) is 5.32 Å². The molecule has 2 aromatic rings. The fourth-order valence-electron chi connectivity index (χ4n) is 2.48. The highest BCUT2D eigenvalue weighted by Crippen LogP contribution is 2.25. The van der Waals surface area contributed by atoms with E-state index < -0.39 is 23.7 Å². The maximum absolute atomic E-state index is 14.0. The van der Waals surface area contributed by atoms with Crippen LogP contribution in [0.4, 0.5) is 10.1 Å². The summed E-state index contributed by atoms with van der Waals surface area (Å²) in [5, 5.41) is 12.2. The molecular weight excluding hydrogens is 311 g/mol. The lowest BCUT2D eigenvalue weighted by Crippen LogP contribution is -2.22. The fraction of sp³-hybridized carbons (Fsp3) is 0.222. The lowest BCUT2D eigenvalue weighted by atomic mass is 9.98. The summed E-state index contributed by atoms with van der Waals surface area (Å²) in [6.45, 7) is 3.92. The van der Waals surface area contributed by atoms with E-state index >= 15 is 0 Å². The monoisotopic (exact) mass is 330 g/mol. The van der Waals surface area contributed by atoms with Crippen molar-refractivity contribution in [3.63, 3.8) is 0 Å². The highest BCUT2D eigenvalue weighted by atomic mass is 19.1. The lowest BCUT2D eigenvalue weighted by molar-refractivity contribution is -0.138. The number of carboxylic acid groups (broad SMARTS) is 1. The molecule has 0 saturated carbocycles. The Labute approximate surface area is 139 Å². The first-order valence-corrected chi connectivity index (χ1v) is 7.51. The second-order valence-electron chi connectivity index (χ2n) is 5.51. The SMILES string of the molecule is CCc1cc(C(Nc2cc(C(N)=O)ccc2F)C(=O)O)ccc1C. The number of halogens is 1. The van der Waals surface area contributed by atoms with Crippen LogP contribution in [0.15, 0.2) is 36.4 Å². The molecule has 0 heterocycles. The van der Waals surface area contributed by atoms with E-state index in [1.54, 1.807) is 12.1 Å². The Hall–Kier alpha value is -2.89. The molecule has 0 aromatic heterocycles. The number of aryl methyl sites for hydroxylation is 2. The normalized spacial score (nSPS) is 11.8. The molecule has 0 fully saturated rings. The smallest absolute Gasteiger partial charge is 0.330 e. The van der Waals surface area contributed by atoms with Gasteiger partial charge >= 0.3 is 5.97 Å². The molecule has 5 nitrogen and oxygen atoms in total. The molecule has 0 saturated heterocycles. The number of primary amides is 1. The second kappa shape index (κ2) is 7.12. The molecule has 0 aliphatic rings. The van der Waals surface area contributed by atoms with Gasteiger partial charge in [-0.3, -0.25) is 4.79 Å². The third kappa shape index (κ3) is 3.71. The first-order valence-electron chi connectivity index (χ1n) is 7.51. The number of carbonyl (C=O) groups excluding carboxylic acids is 1. The largest absolute Gasteiger partial charge is 0.479 e. The maximum atomic E-state index is 14.0. The van der Waals surface area contributed by atoms with Crippen molar-refractivity contribution in [2.75, 3.05) is 5.32 Å². The maximum Gasteiger partial charge on any atom is 0.330 e. The van der Waals surface area contributed by atoms with Crippen LogP contribution in [0, 0.1) is 12.7 Å². The molecule has 0 radical (unpaired) electrons. The molecule has 0 spiro atoms. The molecule has 4 N–H and O–H groups in total. The molecule has 1 amide bonds. The zero-order valence-corrected chi connectivity index (χ0v) is 13.5. The number of benzene rings is 2. The van der Waals surface area contributed by atoms with Crippen molar-refractivity contribution < 1.29 is 19.1 Å². The number of hydrogen-bond acceptors (Lipinski definition) is 3. The molecule has 0 aliphatic carbocycles. The highest BCUT2D eigenvalue weighted by Gasteiger charge is 2.22. The van der Waals surface area contributed by atoms with E-state index in [9.17, 15) is 19.1 Å². The number of aliphatic carboxylic acids is 1. The molecule has 2 rings (SSSR count). The number of amides is 1. The summed E-state index contributed by atoms with van der Waals surface area (Å²) in [6, 6.07) is 7.71. The quantitative estimate of drug-likeness (QED) is 0.759. The van der Waals surface area contributed by atoms with E-state index in [4.69, 9.17) is 5.73 Å². The van der Waals surface area contributed by atoms with Gasteiger partial charge in [0.1, 0.15) is 5.82 Å². The average molecular weight is 330 g/mol. The minimum atomic E-state index is -1.15. The van der Waals surface area contributed by atoms with Crippen molar-refractivity contribution in [3.8, 4) is 0 Å². The van der Waals surface area contributed by atoms with Gasteiger partial charge in [0.15, 0.2) is 6.04 Å². The van der Waals surface area contributed by atoms with Crippen LogP contribution in [0.25, 0.3) is 0 Å². The number of hydrogen-bond donors (Lipinski definition) is 3. The number of carboxylic acids is 1.